The van der Waals surface area contributed by atoms with E-state index < -0.39 is 6.10 Å². The lowest BCUT2D eigenvalue weighted by molar-refractivity contribution is 0.0165. The number of rotatable bonds is 7. The zero-order valence-corrected chi connectivity index (χ0v) is 14.6. The Balaban J connectivity index is 1.48. The second-order valence-electron chi connectivity index (χ2n) is 5.83. The van der Waals surface area contributed by atoms with E-state index in [0.717, 1.165) is 11.1 Å². The first-order valence-electron chi connectivity index (χ1n) is 7.95. The summed E-state index contributed by atoms with van der Waals surface area (Å²) in [5.41, 5.74) is 3.06. The largest absolute Gasteiger partial charge is 0.389 e. The van der Waals surface area contributed by atoms with Crippen LogP contribution in [0.3, 0.4) is 0 Å². The Morgan fingerprint density at radius 2 is 1.84 bits per heavy atom. The summed E-state index contributed by atoms with van der Waals surface area (Å²) in [5, 5.41) is 23.0. The van der Waals surface area contributed by atoms with Crippen LogP contribution < -0.4 is 0 Å². The zero-order valence-electron chi connectivity index (χ0n) is 13.8. The minimum atomic E-state index is -0.715. The van der Waals surface area contributed by atoms with Crippen LogP contribution >= 0.6 is 11.6 Å². The third-order valence-corrected chi connectivity index (χ3v) is 3.88. The molecule has 25 heavy (non-hydrogen) atoms. The SMILES string of the molecule is Cc1ccc(-c2nnn(C[C@@H](O)COCc3ccc(Cl)cc3)n2)cc1. The van der Waals surface area contributed by atoms with Gasteiger partial charge in [-0.2, -0.15) is 4.80 Å². The molecule has 0 radical (unpaired) electrons. The maximum Gasteiger partial charge on any atom is 0.204 e. The molecule has 1 N–H and O–H groups in total. The zero-order chi connectivity index (χ0) is 17.6. The van der Waals surface area contributed by atoms with Crippen LogP contribution in [0.5, 0.6) is 0 Å². The molecule has 0 aliphatic carbocycles. The van der Waals surface area contributed by atoms with Gasteiger partial charge in [0.05, 0.1) is 25.9 Å². The fourth-order valence-corrected chi connectivity index (χ4v) is 2.40. The Labute approximate surface area is 151 Å². The summed E-state index contributed by atoms with van der Waals surface area (Å²) in [5.74, 6) is 0.536. The summed E-state index contributed by atoms with van der Waals surface area (Å²) in [6.45, 7) is 2.84. The lowest BCUT2D eigenvalue weighted by Gasteiger charge is -2.10. The Hall–Kier alpha value is -2.28. The highest BCUT2D eigenvalue weighted by molar-refractivity contribution is 6.30. The van der Waals surface area contributed by atoms with Crippen LogP contribution in [0.2, 0.25) is 5.02 Å². The molecule has 0 saturated carbocycles. The number of aromatic nitrogens is 4. The maximum atomic E-state index is 10.1. The van der Waals surface area contributed by atoms with Crippen molar-refractivity contribution in [3.8, 4) is 11.4 Å². The molecule has 7 heteroatoms. The quantitative estimate of drug-likeness (QED) is 0.703. The van der Waals surface area contributed by atoms with E-state index in [1.54, 1.807) is 0 Å². The average molecular weight is 359 g/mol. The van der Waals surface area contributed by atoms with Crippen LogP contribution in [0.25, 0.3) is 11.4 Å². The van der Waals surface area contributed by atoms with Gasteiger partial charge < -0.3 is 9.84 Å². The normalized spacial score (nSPS) is 12.3. The van der Waals surface area contributed by atoms with E-state index in [9.17, 15) is 5.11 Å². The van der Waals surface area contributed by atoms with Gasteiger partial charge in [-0.1, -0.05) is 53.6 Å². The lowest BCUT2D eigenvalue weighted by atomic mass is 10.1. The number of benzene rings is 2. The van der Waals surface area contributed by atoms with E-state index in [-0.39, 0.29) is 13.2 Å². The van der Waals surface area contributed by atoms with Crippen molar-refractivity contribution in [1.82, 2.24) is 20.2 Å². The molecule has 0 unspecified atom stereocenters. The van der Waals surface area contributed by atoms with Crippen molar-refractivity contribution in [2.45, 2.75) is 26.2 Å². The van der Waals surface area contributed by atoms with Gasteiger partial charge >= 0.3 is 0 Å². The van der Waals surface area contributed by atoms with Crippen LogP contribution in [0, 0.1) is 6.92 Å². The fourth-order valence-electron chi connectivity index (χ4n) is 2.27. The minimum Gasteiger partial charge on any atom is -0.389 e. The van der Waals surface area contributed by atoms with Crippen LogP contribution in [0.4, 0.5) is 0 Å². The van der Waals surface area contributed by atoms with Crippen molar-refractivity contribution >= 4 is 11.6 Å². The molecule has 3 rings (SSSR count). The van der Waals surface area contributed by atoms with Crippen LogP contribution in [0.1, 0.15) is 11.1 Å². The smallest absolute Gasteiger partial charge is 0.204 e. The van der Waals surface area contributed by atoms with Gasteiger partial charge in [0.15, 0.2) is 0 Å². The van der Waals surface area contributed by atoms with Crippen molar-refractivity contribution < 1.29 is 9.84 Å². The summed E-state index contributed by atoms with van der Waals surface area (Å²) in [6, 6.07) is 15.3. The number of tetrazole rings is 1. The Morgan fingerprint density at radius 1 is 1.12 bits per heavy atom. The van der Waals surface area contributed by atoms with Gasteiger partial charge in [0, 0.05) is 10.6 Å². The standard InChI is InChI=1S/C18H19ClN4O2/c1-13-2-6-15(7-3-13)18-20-22-23(21-18)10-17(24)12-25-11-14-4-8-16(19)9-5-14/h2-9,17,24H,10-12H2,1H3/t17-/m1/s1. The highest BCUT2D eigenvalue weighted by atomic mass is 35.5. The molecule has 0 aliphatic heterocycles. The number of halogens is 1. The summed E-state index contributed by atoms with van der Waals surface area (Å²) in [7, 11) is 0. The van der Waals surface area contributed by atoms with Gasteiger partial charge in [0.25, 0.3) is 0 Å². The molecule has 1 heterocycles. The predicted molar refractivity (Wildman–Crippen MR) is 95.1 cm³/mol. The van der Waals surface area contributed by atoms with Crippen LogP contribution in [-0.2, 0) is 17.9 Å². The number of aryl methyl sites for hydroxylation is 1. The molecular formula is C18H19ClN4O2. The number of ether oxygens (including phenoxy) is 1. The highest BCUT2D eigenvalue weighted by Gasteiger charge is 2.10. The van der Waals surface area contributed by atoms with E-state index >= 15 is 0 Å². The molecule has 3 aromatic rings. The van der Waals surface area contributed by atoms with Crippen molar-refractivity contribution in [3.63, 3.8) is 0 Å². The summed E-state index contributed by atoms with van der Waals surface area (Å²) >= 11 is 5.84. The van der Waals surface area contributed by atoms with Crippen molar-refractivity contribution in [2.24, 2.45) is 0 Å². The van der Waals surface area contributed by atoms with Gasteiger partial charge in [0.2, 0.25) is 5.82 Å². The van der Waals surface area contributed by atoms with Gasteiger partial charge in [-0.05, 0) is 29.8 Å². The van der Waals surface area contributed by atoms with E-state index in [2.05, 4.69) is 15.4 Å². The van der Waals surface area contributed by atoms with Crippen LogP contribution in [-0.4, -0.2) is 38.0 Å². The van der Waals surface area contributed by atoms with Gasteiger partial charge in [-0.3, -0.25) is 0 Å². The van der Waals surface area contributed by atoms with E-state index in [0.29, 0.717) is 17.5 Å². The van der Waals surface area contributed by atoms with E-state index in [4.69, 9.17) is 16.3 Å². The Morgan fingerprint density at radius 3 is 2.56 bits per heavy atom. The molecule has 0 saturated heterocycles. The molecule has 2 aromatic carbocycles. The second kappa shape index (κ2) is 8.20. The van der Waals surface area contributed by atoms with Crippen LogP contribution in [0.15, 0.2) is 48.5 Å². The number of aliphatic hydroxyl groups is 1. The summed E-state index contributed by atoms with van der Waals surface area (Å²) < 4.78 is 5.52. The molecule has 0 amide bonds. The first-order valence-corrected chi connectivity index (χ1v) is 8.33. The number of aliphatic hydroxyl groups excluding tert-OH is 1. The van der Waals surface area contributed by atoms with E-state index in [1.807, 2.05) is 55.5 Å². The summed E-state index contributed by atoms with van der Waals surface area (Å²) in [6.07, 6.45) is -0.715. The monoisotopic (exact) mass is 358 g/mol. The molecule has 0 fully saturated rings. The molecule has 130 valence electrons. The van der Waals surface area contributed by atoms with Gasteiger partial charge in [-0.25, -0.2) is 0 Å². The van der Waals surface area contributed by atoms with Crippen molar-refractivity contribution in [3.05, 3.63) is 64.7 Å². The maximum absolute atomic E-state index is 10.1. The molecule has 0 aliphatic rings. The molecule has 0 spiro atoms. The fraction of sp³-hybridized carbons (Fsp3) is 0.278. The lowest BCUT2D eigenvalue weighted by Crippen LogP contribution is -2.23. The topological polar surface area (TPSA) is 73.1 Å². The van der Waals surface area contributed by atoms with Gasteiger partial charge in [0.1, 0.15) is 0 Å². The Bertz CT molecular complexity index is 803. The van der Waals surface area contributed by atoms with Crippen molar-refractivity contribution in [2.75, 3.05) is 6.61 Å². The minimum absolute atomic E-state index is 0.185. The molecule has 6 nitrogen and oxygen atoms in total. The highest BCUT2D eigenvalue weighted by Crippen LogP contribution is 2.14. The third-order valence-electron chi connectivity index (χ3n) is 3.63. The number of hydrogen-bond donors (Lipinski definition) is 1. The number of nitrogens with zero attached hydrogens (tertiary/aromatic N) is 4. The van der Waals surface area contributed by atoms with Crippen molar-refractivity contribution in [1.29, 1.82) is 0 Å². The van der Waals surface area contributed by atoms with E-state index in [1.165, 1.54) is 10.4 Å². The summed E-state index contributed by atoms with van der Waals surface area (Å²) in [4.78, 5) is 1.38. The average Bonchev–Trinajstić information content (AvgIpc) is 3.06. The predicted octanol–water partition coefficient (Wildman–Crippen LogP) is 2.88. The second-order valence-corrected chi connectivity index (χ2v) is 6.27. The molecule has 1 aromatic heterocycles. The first kappa shape index (κ1) is 17.5. The number of hydrogen-bond acceptors (Lipinski definition) is 5. The molecule has 1 atom stereocenters. The molecule has 0 bridgehead atoms. The first-order chi connectivity index (χ1) is 12.1. The molecular weight excluding hydrogens is 340 g/mol. The third kappa shape index (κ3) is 5.09. The Kier molecular flexibility index (Phi) is 5.75. The van der Waals surface area contributed by atoms with Gasteiger partial charge in [-0.15, -0.1) is 10.2 Å².